The number of hydrogen-bond donors (Lipinski definition) is 2. The lowest BCUT2D eigenvalue weighted by Gasteiger charge is -1.91. The van der Waals surface area contributed by atoms with Gasteiger partial charge < -0.3 is 0 Å². The van der Waals surface area contributed by atoms with Crippen LogP contribution in [0.25, 0.3) is 0 Å². The van der Waals surface area contributed by atoms with Gasteiger partial charge in [0.25, 0.3) is 0 Å². The van der Waals surface area contributed by atoms with E-state index in [1.54, 1.807) is 0 Å². The molecule has 1 aromatic rings. The van der Waals surface area contributed by atoms with Gasteiger partial charge in [-0.2, -0.15) is 0 Å². The Bertz CT molecular complexity index is 557. The lowest BCUT2D eigenvalue weighted by atomic mass is 10.7. The van der Waals surface area contributed by atoms with Gasteiger partial charge in [0.15, 0.2) is 0 Å². The van der Waals surface area contributed by atoms with E-state index < -0.39 is 24.9 Å². The smallest absolute Gasteiger partial charge is 0.225 e. The molecule has 80 valence electrons. The van der Waals surface area contributed by atoms with Gasteiger partial charge in [0.05, 0.1) is 0 Å². The molecule has 1 heterocycles. The maximum atomic E-state index is 10.9. The predicted octanol–water partition coefficient (Wildman–Crippen LogP) is -0.304. The highest BCUT2D eigenvalue weighted by atomic mass is 35.5. The zero-order valence-electron chi connectivity index (χ0n) is 6.47. The molecule has 0 bridgehead atoms. The molecular formula is C4H5ClN2O4S3. The van der Waals surface area contributed by atoms with E-state index in [2.05, 4.69) is 0 Å². The van der Waals surface area contributed by atoms with Gasteiger partial charge in [0, 0.05) is 0 Å². The van der Waals surface area contributed by atoms with Crippen molar-refractivity contribution >= 4 is 43.0 Å². The lowest BCUT2D eigenvalue weighted by Crippen LogP contribution is -2.12. The summed E-state index contributed by atoms with van der Waals surface area (Å²) >= 11 is 6.02. The van der Waals surface area contributed by atoms with Gasteiger partial charge in [0.1, 0.15) is 13.4 Å². The standard InChI is InChI=1S/C4H5ClN2O4S3/c5-4-2(13(6,8)9)1-3(12-4)14(7,10)11/h1H,(H2,6,8,9)(H2,7,10,11). The quantitative estimate of drug-likeness (QED) is 0.770. The van der Waals surface area contributed by atoms with Crippen molar-refractivity contribution in [3.8, 4) is 0 Å². The molecule has 0 saturated carbocycles. The van der Waals surface area contributed by atoms with E-state index in [0.717, 1.165) is 6.07 Å². The van der Waals surface area contributed by atoms with E-state index in [1.807, 2.05) is 0 Å². The first-order valence-electron chi connectivity index (χ1n) is 2.97. The summed E-state index contributed by atoms with van der Waals surface area (Å²) in [5, 5.41) is 9.54. The first-order valence-corrected chi connectivity index (χ1v) is 7.26. The van der Waals surface area contributed by atoms with Crippen molar-refractivity contribution in [2.75, 3.05) is 0 Å². The summed E-state index contributed by atoms with van der Waals surface area (Å²) in [5.74, 6) is 0. The minimum absolute atomic E-state index is 0.225. The number of halogens is 1. The van der Waals surface area contributed by atoms with Crippen LogP contribution in [0, 0.1) is 0 Å². The number of hydrogen-bond acceptors (Lipinski definition) is 5. The molecule has 0 unspecified atom stereocenters. The van der Waals surface area contributed by atoms with E-state index in [-0.39, 0.29) is 8.55 Å². The van der Waals surface area contributed by atoms with E-state index in [9.17, 15) is 16.8 Å². The van der Waals surface area contributed by atoms with Gasteiger partial charge in [-0.05, 0) is 6.07 Å². The summed E-state index contributed by atoms with van der Waals surface area (Å²) in [6.45, 7) is 0. The molecule has 0 aliphatic carbocycles. The van der Waals surface area contributed by atoms with Gasteiger partial charge in [0.2, 0.25) is 20.0 Å². The number of rotatable bonds is 2. The van der Waals surface area contributed by atoms with Crippen LogP contribution < -0.4 is 10.3 Å². The second-order valence-electron chi connectivity index (χ2n) is 2.29. The number of sulfonamides is 2. The fourth-order valence-electron chi connectivity index (χ4n) is 0.666. The third kappa shape index (κ3) is 2.43. The van der Waals surface area contributed by atoms with Crippen molar-refractivity contribution in [1.29, 1.82) is 0 Å². The number of thiophene rings is 1. The largest absolute Gasteiger partial charge is 0.247 e. The minimum Gasteiger partial charge on any atom is -0.225 e. The lowest BCUT2D eigenvalue weighted by molar-refractivity contribution is 0.598. The van der Waals surface area contributed by atoms with Crippen molar-refractivity contribution in [2.45, 2.75) is 9.10 Å². The second kappa shape index (κ2) is 3.43. The van der Waals surface area contributed by atoms with Gasteiger partial charge in [-0.3, -0.25) is 0 Å². The van der Waals surface area contributed by atoms with Crippen LogP contribution in [0.3, 0.4) is 0 Å². The first-order chi connectivity index (χ1) is 6.12. The fraction of sp³-hybridized carbons (Fsp3) is 0. The van der Waals surface area contributed by atoms with Crippen LogP contribution in [0.15, 0.2) is 15.2 Å². The molecule has 10 heteroatoms. The summed E-state index contributed by atoms with van der Waals surface area (Å²) in [7, 11) is -7.97. The molecule has 1 aromatic heterocycles. The van der Waals surface area contributed by atoms with Crippen LogP contribution >= 0.6 is 22.9 Å². The molecular weight excluding hydrogens is 272 g/mol. The van der Waals surface area contributed by atoms with E-state index in [4.69, 9.17) is 21.9 Å². The molecule has 6 nitrogen and oxygen atoms in total. The normalized spacial score (nSPS) is 13.1. The average Bonchev–Trinajstić information content (AvgIpc) is 2.27. The zero-order valence-corrected chi connectivity index (χ0v) is 9.67. The molecule has 0 fully saturated rings. The maximum absolute atomic E-state index is 10.9. The Morgan fingerprint density at radius 1 is 1.14 bits per heavy atom. The van der Waals surface area contributed by atoms with Gasteiger partial charge in [-0.1, -0.05) is 11.6 Å². The second-order valence-corrected chi connectivity index (χ2v) is 7.27. The highest BCUT2D eigenvalue weighted by Crippen LogP contribution is 2.32. The Balaban J connectivity index is 3.49. The molecule has 4 N–H and O–H groups in total. The Hall–Kier alpha value is -0.190. The summed E-state index contributed by atoms with van der Waals surface area (Å²) in [4.78, 5) is -0.437. The van der Waals surface area contributed by atoms with Crippen molar-refractivity contribution in [1.82, 2.24) is 0 Å². The molecule has 0 aliphatic heterocycles. The van der Waals surface area contributed by atoms with E-state index >= 15 is 0 Å². The third-order valence-electron chi connectivity index (χ3n) is 1.22. The van der Waals surface area contributed by atoms with Crippen LogP contribution in [0.2, 0.25) is 4.34 Å². The van der Waals surface area contributed by atoms with Crippen molar-refractivity contribution < 1.29 is 16.8 Å². The molecule has 0 amide bonds. The van der Waals surface area contributed by atoms with Crippen LogP contribution in [0.1, 0.15) is 0 Å². The molecule has 0 spiro atoms. The summed E-state index contributed by atoms with van der Waals surface area (Å²) in [6.07, 6.45) is 0. The van der Waals surface area contributed by atoms with Gasteiger partial charge in [-0.25, -0.2) is 27.1 Å². The molecule has 0 aliphatic rings. The molecule has 0 atom stereocenters. The van der Waals surface area contributed by atoms with Crippen molar-refractivity contribution in [3.63, 3.8) is 0 Å². The zero-order chi connectivity index (χ0) is 11.1. The maximum Gasteiger partial charge on any atom is 0.247 e. The minimum atomic E-state index is -4.01. The van der Waals surface area contributed by atoms with Gasteiger partial charge >= 0.3 is 0 Å². The van der Waals surface area contributed by atoms with Crippen LogP contribution in [-0.2, 0) is 20.0 Å². The van der Waals surface area contributed by atoms with Crippen LogP contribution in [0.4, 0.5) is 0 Å². The van der Waals surface area contributed by atoms with E-state index in [0.29, 0.717) is 11.3 Å². The van der Waals surface area contributed by atoms with Crippen LogP contribution in [0.5, 0.6) is 0 Å². The summed E-state index contributed by atoms with van der Waals surface area (Å²) in [6, 6.07) is 0.831. The Labute approximate surface area is 89.6 Å². The SMILES string of the molecule is NS(=O)(=O)c1cc(S(N)(=O)=O)c(Cl)s1. The first kappa shape index (κ1) is 11.9. The average molecular weight is 277 g/mol. The van der Waals surface area contributed by atoms with E-state index in [1.165, 1.54) is 0 Å². The summed E-state index contributed by atoms with van der Waals surface area (Å²) < 4.78 is 42.8. The predicted molar refractivity (Wildman–Crippen MR) is 52.1 cm³/mol. The fourth-order valence-corrected chi connectivity index (χ4v) is 4.07. The number of nitrogens with two attached hydrogens (primary N) is 2. The van der Waals surface area contributed by atoms with Crippen molar-refractivity contribution in [3.05, 3.63) is 10.4 Å². The van der Waals surface area contributed by atoms with Crippen LogP contribution in [-0.4, -0.2) is 16.8 Å². The molecule has 0 saturated heterocycles. The Kier molecular flexibility index (Phi) is 2.91. The molecule has 14 heavy (non-hydrogen) atoms. The van der Waals surface area contributed by atoms with Crippen molar-refractivity contribution in [2.24, 2.45) is 10.3 Å². The Morgan fingerprint density at radius 3 is 1.86 bits per heavy atom. The number of primary sulfonamides is 2. The van der Waals surface area contributed by atoms with Gasteiger partial charge in [-0.15, -0.1) is 11.3 Å². The monoisotopic (exact) mass is 276 g/mol. The topological polar surface area (TPSA) is 120 Å². The highest BCUT2D eigenvalue weighted by Gasteiger charge is 2.21. The Morgan fingerprint density at radius 2 is 1.64 bits per heavy atom. The highest BCUT2D eigenvalue weighted by molar-refractivity contribution is 7.92. The molecule has 1 rings (SSSR count). The molecule has 0 aromatic carbocycles. The summed E-state index contributed by atoms with van der Waals surface area (Å²) in [5.41, 5.74) is 0. The third-order valence-corrected chi connectivity index (χ3v) is 5.17. The molecule has 0 radical (unpaired) electrons.